The van der Waals surface area contributed by atoms with E-state index < -0.39 is 5.54 Å². The first-order chi connectivity index (χ1) is 9.05. The molecule has 1 saturated heterocycles. The van der Waals surface area contributed by atoms with E-state index in [4.69, 9.17) is 16.2 Å². The summed E-state index contributed by atoms with van der Waals surface area (Å²) in [6, 6.07) is 0.394. The van der Waals surface area contributed by atoms with Gasteiger partial charge in [0.05, 0.1) is 11.6 Å². The van der Waals surface area contributed by atoms with Gasteiger partial charge in [-0.1, -0.05) is 6.92 Å². The summed E-state index contributed by atoms with van der Waals surface area (Å²) >= 11 is 0. The van der Waals surface area contributed by atoms with Gasteiger partial charge in [0.25, 0.3) is 0 Å². The molecule has 4 N–H and O–H groups in total. The van der Waals surface area contributed by atoms with Crippen LogP contribution in [0.1, 0.15) is 45.4 Å². The van der Waals surface area contributed by atoms with Crippen LogP contribution in [0.15, 0.2) is 0 Å². The molecular weight excluding hydrogens is 242 g/mol. The minimum Gasteiger partial charge on any atom is -0.377 e. The maximum Gasteiger partial charge on any atom is 0.237 e. The molecule has 110 valence electrons. The molecule has 0 radical (unpaired) electrons. The highest BCUT2D eigenvalue weighted by Crippen LogP contribution is 2.32. The lowest BCUT2D eigenvalue weighted by Crippen LogP contribution is -2.52. The second kappa shape index (κ2) is 6.20. The zero-order valence-corrected chi connectivity index (χ0v) is 11.9. The molecule has 0 bridgehead atoms. The second-order valence-corrected chi connectivity index (χ2v) is 6.05. The van der Waals surface area contributed by atoms with E-state index in [0.29, 0.717) is 25.0 Å². The number of ether oxygens (including phenoxy) is 1. The zero-order valence-electron chi connectivity index (χ0n) is 11.9. The topological polar surface area (TPSA) is 81.6 Å². The lowest BCUT2D eigenvalue weighted by molar-refractivity contribution is -0.123. The highest BCUT2D eigenvalue weighted by molar-refractivity contribution is 5.84. The van der Waals surface area contributed by atoms with Gasteiger partial charge in [0, 0.05) is 19.2 Å². The Morgan fingerprint density at radius 3 is 2.89 bits per heavy atom. The molecule has 1 aliphatic carbocycles. The molecule has 19 heavy (non-hydrogen) atoms. The van der Waals surface area contributed by atoms with Crippen molar-refractivity contribution in [1.29, 1.82) is 0 Å². The third-order valence-corrected chi connectivity index (χ3v) is 4.50. The molecular formula is C14H27N3O2. The van der Waals surface area contributed by atoms with Crippen LogP contribution in [0.25, 0.3) is 0 Å². The van der Waals surface area contributed by atoms with E-state index in [2.05, 4.69) is 11.8 Å². The number of rotatable bonds is 5. The van der Waals surface area contributed by atoms with Crippen LogP contribution in [0.5, 0.6) is 0 Å². The average Bonchev–Trinajstić information content (AvgIpc) is 2.81. The van der Waals surface area contributed by atoms with Crippen molar-refractivity contribution in [2.45, 2.75) is 63.1 Å². The molecule has 2 fully saturated rings. The zero-order chi connectivity index (χ0) is 13.9. The molecule has 2 rings (SSSR count). The predicted molar refractivity (Wildman–Crippen MR) is 74.6 cm³/mol. The average molecular weight is 269 g/mol. The van der Waals surface area contributed by atoms with E-state index in [1.165, 1.54) is 6.42 Å². The number of hydrogen-bond acceptors (Lipinski definition) is 4. The smallest absolute Gasteiger partial charge is 0.237 e. The minimum absolute atomic E-state index is 0.343. The van der Waals surface area contributed by atoms with Gasteiger partial charge in [0.15, 0.2) is 0 Å². The number of carbonyl (C=O) groups excluding carboxylic acids is 1. The molecule has 2 aliphatic rings. The summed E-state index contributed by atoms with van der Waals surface area (Å²) in [5.74, 6) is -0.356. The second-order valence-electron chi connectivity index (χ2n) is 6.05. The molecule has 0 aromatic carbocycles. The van der Waals surface area contributed by atoms with Crippen molar-refractivity contribution in [3.63, 3.8) is 0 Å². The van der Waals surface area contributed by atoms with Gasteiger partial charge < -0.3 is 16.2 Å². The van der Waals surface area contributed by atoms with Gasteiger partial charge in [-0.2, -0.15) is 0 Å². The Morgan fingerprint density at radius 1 is 1.47 bits per heavy atom. The van der Waals surface area contributed by atoms with E-state index in [0.717, 1.165) is 39.0 Å². The van der Waals surface area contributed by atoms with Crippen molar-refractivity contribution in [1.82, 2.24) is 4.90 Å². The minimum atomic E-state index is -0.790. The summed E-state index contributed by atoms with van der Waals surface area (Å²) in [5, 5.41) is 0. The Labute approximate surface area is 115 Å². The number of amides is 1. The highest BCUT2D eigenvalue weighted by atomic mass is 16.5. The van der Waals surface area contributed by atoms with Gasteiger partial charge in [0.2, 0.25) is 5.91 Å². The first-order valence-electron chi connectivity index (χ1n) is 7.49. The molecule has 1 saturated carbocycles. The van der Waals surface area contributed by atoms with Crippen LogP contribution in [0, 0.1) is 0 Å². The predicted octanol–water partition coefficient (Wildman–Crippen LogP) is 0.613. The number of primary amides is 1. The van der Waals surface area contributed by atoms with Crippen molar-refractivity contribution in [2.75, 3.05) is 19.7 Å². The number of likely N-dealkylation sites (tertiary alicyclic amines) is 1. The van der Waals surface area contributed by atoms with Crippen molar-refractivity contribution in [3.05, 3.63) is 0 Å². The number of nitrogens with zero attached hydrogens (tertiary/aromatic N) is 1. The van der Waals surface area contributed by atoms with Crippen LogP contribution in [0.4, 0.5) is 0 Å². The Balaban J connectivity index is 1.87. The summed E-state index contributed by atoms with van der Waals surface area (Å²) < 4.78 is 5.86. The van der Waals surface area contributed by atoms with Crippen molar-refractivity contribution in [3.8, 4) is 0 Å². The Hall–Kier alpha value is -0.650. The highest BCUT2D eigenvalue weighted by Gasteiger charge is 2.43. The largest absolute Gasteiger partial charge is 0.377 e. The van der Waals surface area contributed by atoms with Gasteiger partial charge in [0.1, 0.15) is 0 Å². The van der Waals surface area contributed by atoms with Crippen LogP contribution >= 0.6 is 0 Å². The Bertz CT molecular complexity index is 324. The molecule has 0 aromatic heterocycles. The maximum atomic E-state index is 11.4. The first kappa shape index (κ1) is 14.8. The Kier molecular flexibility index (Phi) is 4.81. The molecule has 1 aliphatic heterocycles. The molecule has 0 spiro atoms. The van der Waals surface area contributed by atoms with Crippen LogP contribution in [0.3, 0.4) is 0 Å². The monoisotopic (exact) mass is 269 g/mol. The van der Waals surface area contributed by atoms with E-state index in [1.807, 2.05) is 0 Å². The third kappa shape index (κ3) is 3.46. The standard InChI is InChI=1S/C14H27N3O2/c1-2-8-19-12-4-3-7-17(10-12)11-5-6-14(16,9-11)13(15)18/h11-12H,2-10,16H2,1H3,(H2,15,18). The van der Waals surface area contributed by atoms with Gasteiger partial charge in [-0.3, -0.25) is 9.69 Å². The number of piperidine rings is 1. The normalized spacial score (nSPS) is 36.5. The summed E-state index contributed by atoms with van der Waals surface area (Å²) in [4.78, 5) is 13.9. The fourth-order valence-corrected chi connectivity index (χ4v) is 3.30. The summed E-state index contributed by atoms with van der Waals surface area (Å²) in [6.07, 6.45) is 6.10. The fraction of sp³-hybridized carbons (Fsp3) is 0.929. The SMILES string of the molecule is CCCOC1CCCN(C2CCC(N)(C(N)=O)C2)C1. The van der Waals surface area contributed by atoms with Crippen molar-refractivity contribution in [2.24, 2.45) is 11.5 Å². The molecule has 5 nitrogen and oxygen atoms in total. The molecule has 3 atom stereocenters. The number of hydrogen-bond donors (Lipinski definition) is 2. The molecule has 1 heterocycles. The third-order valence-electron chi connectivity index (χ3n) is 4.50. The summed E-state index contributed by atoms with van der Waals surface area (Å²) in [5.41, 5.74) is 10.7. The van der Waals surface area contributed by atoms with Crippen LogP contribution in [0.2, 0.25) is 0 Å². The van der Waals surface area contributed by atoms with Crippen molar-refractivity contribution >= 4 is 5.91 Å². The Morgan fingerprint density at radius 2 is 2.26 bits per heavy atom. The lowest BCUT2D eigenvalue weighted by Gasteiger charge is -2.37. The maximum absolute atomic E-state index is 11.4. The quantitative estimate of drug-likeness (QED) is 0.766. The number of carbonyl (C=O) groups is 1. The first-order valence-corrected chi connectivity index (χ1v) is 7.49. The van der Waals surface area contributed by atoms with E-state index in [9.17, 15) is 4.79 Å². The lowest BCUT2D eigenvalue weighted by atomic mass is 9.97. The fourth-order valence-electron chi connectivity index (χ4n) is 3.30. The van der Waals surface area contributed by atoms with Gasteiger partial charge in [-0.25, -0.2) is 0 Å². The van der Waals surface area contributed by atoms with E-state index in [-0.39, 0.29) is 5.91 Å². The van der Waals surface area contributed by atoms with Crippen LogP contribution in [-0.4, -0.2) is 48.2 Å². The van der Waals surface area contributed by atoms with E-state index in [1.54, 1.807) is 0 Å². The van der Waals surface area contributed by atoms with Crippen molar-refractivity contribution < 1.29 is 9.53 Å². The van der Waals surface area contributed by atoms with Crippen LogP contribution in [-0.2, 0) is 9.53 Å². The molecule has 1 amide bonds. The van der Waals surface area contributed by atoms with Gasteiger partial charge >= 0.3 is 0 Å². The number of nitrogens with two attached hydrogens (primary N) is 2. The van der Waals surface area contributed by atoms with Crippen LogP contribution < -0.4 is 11.5 Å². The summed E-state index contributed by atoms with van der Waals surface area (Å²) in [6.45, 7) is 5.03. The van der Waals surface area contributed by atoms with E-state index >= 15 is 0 Å². The molecule has 5 heteroatoms. The van der Waals surface area contributed by atoms with Gasteiger partial charge in [-0.05, 0) is 45.1 Å². The summed E-state index contributed by atoms with van der Waals surface area (Å²) in [7, 11) is 0. The van der Waals surface area contributed by atoms with Gasteiger partial charge in [-0.15, -0.1) is 0 Å². The molecule has 0 aromatic rings. The molecule has 3 unspecified atom stereocenters.